The molecule has 0 spiro atoms. The fraction of sp³-hybridized carbons (Fsp3) is 0.238. The van der Waals surface area contributed by atoms with E-state index >= 15 is 0 Å². The van der Waals surface area contributed by atoms with Gasteiger partial charge in [0.15, 0.2) is 0 Å². The van der Waals surface area contributed by atoms with E-state index in [9.17, 15) is 4.79 Å². The highest BCUT2D eigenvalue weighted by atomic mass is 35.5. The fourth-order valence-corrected chi connectivity index (χ4v) is 4.05. The van der Waals surface area contributed by atoms with Crippen LogP contribution in [0.15, 0.2) is 58.5 Å². The predicted molar refractivity (Wildman–Crippen MR) is 112 cm³/mol. The maximum absolute atomic E-state index is 12.3. The van der Waals surface area contributed by atoms with Gasteiger partial charge in [0.05, 0.1) is 12.0 Å². The third kappa shape index (κ3) is 4.70. The van der Waals surface area contributed by atoms with E-state index in [1.54, 1.807) is 35.8 Å². The van der Waals surface area contributed by atoms with Gasteiger partial charge in [-0.05, 0) is 30.3 Å². The normalized spacial score (nSPS) is 15.4. The average molecular weight is 414 g/mol. The summed E-state index contributed by atoms with van der Waals surface area (Å²) in [4.78, 5) is 21.3. The molecule has 5 nitrogen and oxygen atoms in total. The predicted octanol–water partition coefficient (Wildman–Crippen LogP) is 4.41. The fourth-order valence-electron chi connectivity index (χ4n) is 3.11. The van der Waals surface area contributed by atoms with Crippen molar-refractivity contribution in [3.8, 4) is 10.6 Å². The molecule has 28 heavy (non-hydrogen) atoms. The van der Waals surface area contributed by atoms with Gasteiger partial charge in [0.1, 0.15) is 10.8 Å². The lowest BCUT2D eigenvalue weighted by atomic mass is 10.2. The Kier molecular flexibility index (Phi) is 5.90. The highest BCUT2D eigenvalue weighted by Crippen LogP contribution is 2.25. The summed E-state index contributed by atoms with van der Waals surface area (Å²) in [7, 11) is 0. The van der Waals surface area contributed by atoms with Crippen molar-refractivity contribution in [3.63, 3.8) is 0 Å². The van der Waals surface area contributed by atoms with E-state index in [-0.39, 0.29) is 5.91 Å². The molecule has 1 fully saturated rings. The summed E-state index contributed by atoms with van der Waals surface area (Å²) in [6, 6.07) is 11.4. The summed E-state index contributed by atoms with van der Waals surface area (Å²) >= 11 is 7.60. The number of piperazine rings is 1. The number of rotatable bonds is 5. The van der Waals surface area contributed by atoms with Crippen molar-refractivity contribution in [1.29, 1.82) is 0 Å². The number of carbonyl (C=O) groups is 1. The molecule has 1 amide bonds. The van der Waals surface area contributed by atoms with E-state index in [4.69, 9.17) is 21.0 Å². The first-order valence-corrected chi connectivity index (χ1v) is 10.4. The molecule has 0 radical (unpaired) electrons. The lowest BCUT2D eigenvalue weighted by Crippen LogP contribution is -2.47. The monoisotopic (exact) mass is 413 g/mol. The summed E-state index contributed by atoms with van der Waals surface area (Å²) in [5.74, 6) is 0.710. The summed E-state index contributed by atoms with van der Waals surface area (Å²) in [6.07, 6.45) is 4.88. The van der Waals surface area contributed by atoms with Gasteiger partial charge in [0.2, 0.25) is 5.91 Å². The Morgan fingerprint density at radius 2 is 1.96 bits per heavy atom. The van der Waals surface area contributed by atoms with Gasteiger partial charge in [-0.1, -0.05) is 23.7 Å². The van der Waals surface area contributed by atoms with Gasteiger partial charge in [0, 0.05) is 54.8 Å². The van der Waals surface area contributed by atoms with Crippen LogP contribution in [0, 0.1) is 0 Å². The molecule has 0 saturated carbocycles. The van der Waals surface area contributed by atoms with Crippen molar-refractivity contribution in [2.45, 2.75) is 6.54 Å². The van der Waals surface area contributed by atoms with E-state index in [0.717, 1.165) is 54.0 Å². The van der Waals surface area contributed by atoms with Crippen molar-refractivity contribution < 1.29 is 9.21 Å². The van der Waals surface area contributed by atoms with Gasteiger partial charge in [0.25, 0.3) is 0 Å². The van der Waals surface area contributed by atoms with E-state index in [1.165, 1.54) is 0 Å². The van der Waals surface area contributed by atoms with E-state index in [1.807, 2.05) is 35.2 Å². The molecule has 2 aromatic heterocycles. The summed E-state index contributed by atoms with van der Waals surface area (Å²) in [6.45, 7) is 3.92. The molecular formula is C21H20ClN3O2S. The van der Waals surface area contributed by atoms with Crippen molar-refractivity contribution in [2.75, 3.05) is 26.2 Å². The van der Waals surface area contributed by atoms with Crippen molar-refractivity contribution >= 4 is 34.9 Å². The molecule has 0 bridgehead atoms. The number of amides is 1. The van der Waals surface area contributed by atoms with E-state index in [2.05, 4.69) is 10.3 Å². The molecule has 0 unspecified atom stereocenters. The molecule has 7 heteroatoms. The van der Waals surface area contributed by atoms with Gasteiger partial charge >= 0.3 is 0 Å². The molecule has 0 aliphatic carbocycles. The van der Waals surface area contributed by atoms with Gasteiger partial charge < -0.3 is 9.32 Å². The van der Waals surface area contributed by atoms with Crippen molar-refractivity contribution in [3.05, 3.63) is 70.6 Å². The Morgan fingerprint density at radius 1 is 1.18 bits per heavy atom. The van der Waals surface area contributed by atoms with Gasteiger partial charge in [-0.3, -0.25) is 9.69 Å². The van der Waals surface area contributed by atoms with E-state index in [0.29, 0.717) is 5.76 Å². The smallest absolute Gasteiger partial charge is 0.246 e. The second kappa shape index (κ2) is 8.73. The number of furan rings is 1. The highest BCUT2D eigenvalue weighted by Gasteiger charge is 2.20. The zero-order valence-electron chi connectivity index (χ0n) is 15.3. The quantitative estimate of drug-likeness (QED) is 0.581. The number of thiazole rings is 1. The Balaban J connectivity index is 1.29. The highest BCUT2D eigenvalue weighted by molar-refractivity contribution is 7.13. The number of halogens is 1. The summed E-state index contributed by atoms with van der Waals surface area (Å²) < 4.78 is 5.22. The third-order valence-corrected chi connectivity index (χ3v) is 5.84. The van der Waals surface area contributed by atoms with Crippen LogP contribution in [-0.4, -0.2) is 46.9 Å². The third-order valence-electron chi connectivity index (χ3n) is 4.65. The van der Waals surface area contributed by atoms with Crippen LogP contribution in [0.1, 0.15) is 11.5 Å². The molecule has 3 aromatic rings. The zero-order valence-corrected chi connectivity index (χ0v) is 16.8. The molecule has 4 rings (SSSR count). The van der Waals surface area contributed by atoms with Crippen LogP contribution in [0.3, 0.4) is 0 Å². The van der Waals surface area contributed by atoms with Crippen LogP contribution in [-0.2, 0) is 11.3 Å². The van der Waals surface area contributed by atoms with Crippen molar-refractivity contribution in [1.82, 2.24) is 14.8 Å². The minimum atomic E-state index is 0.0229. The topological polar surface area (TPSA) is 49.6 Å². The number of nitrogens with zero attached hydrogens (tertiary/aromatic N) is 3. The van der Waals surface area contributed by atoms with Crippen LogP contribution < -0.4 is 0 Å². The SMILES string of the molecule is O=C(/C=C/c1ccco1)N1CCN(Cc2csc(-c3ccc(Cl)cc3)n2)CC1. The first-order chi connectivity index (χ1) is 13.7. The number of hydrogen-bond acceptors (Lipinski definition) is 5. The number of carbonyl (C=O) groups excluding carboxylic acids is 1. The molecule has 144 valence electrons. The Morgan fingerprint density at radius 3 is 2.68 bits per heavy atom. The molecule has 1 aliphatic rings. The lowest BCUT2D eigenvalue weighted by molar-refractivity contribution is -0.127. The van der Waals surface area contributed by atoms with E-state index < -0.39 is 0 Å². The van der Waals surface area contributed by atoms with Crippen LogP contribution in [0.4, 0.5) is 0 Å². The zero-order chi connectivity index (χ0) is 19.3. The average Bonchev–Trinajstić information content (AvgIpc) is 3.39. The van der Waals surface area contributed by atoms with Gasteiger partial charge in [-0.15, -0.1) is 11.3 Å². The Bertz CT molecular complexity index is 942. The van der Waals surface area contributed by atoms with Crippen LogP contribution in [0.5, 0.6) is 0 Å². The first kappa shape index (κ1) is 18.9. The first-order valence-electron chi connectivity index (χ1n) is 9.10. The second-order valence-corrected chi connectivity index (χ2v) is 7.90. The molecular weight excluding hydrogens is 394 g/mol. The maximum Gasteiger partial charge on any atom is 0.246 e. The standard InChI is InChI=1S/C21H20ClN3O2S/c22-17-5-3-16(4-6-17)21-23-18(15-28-21)14-24-9-11-25(12-10-24)20(26)8-7-19-2-1-13-27-19/h1-8,13,15H,9-12,14H2/b8-7+. The number of hydrogen-bond donors (Lipinski definition) is 0. The molecule has 0 atom stereocenters. The summed E-state index contributed by atoms with van der Waals surface area (Å²) in [5.41, 5.74) is 2.15. The van der Waals surface area contributed by atoms with Crippen LogP contribution in [0.25, 0.3) is 16.6 Å². The number of benzene rings is 1. The molecule has 1 aliphatic heterocycles. The summed E-state index contributed by atoms with van der Waals surface area (Å²) in [5, 5.41) is 3.84. The van der Waals surface area contributed by atoms with Gasteiger partial charge in [-0.2, -0.15) is 0 Å². The van der Waals surface area contributed by atoms with Crippen LogP contribution in [0.2, 0.25) is 5.02 Å². The van der Waals surface area contributed by atoms with Gasteiger partial charge in [-0.25, -0.2) is 4.98 Å². The largest absolute Gasteiger partial charge is 0.465 e. The molecule has 0 N–H and O–H groups in total. The Labute approximate surface area is 172 Å². The second-order valence-electron chi connectivity index (χ2n) is 6.60. The van der Waals surface area contributed by atoms with Crippen molar-refractivity contribution in [2.24, 2.45) is 0 Å². The minimum Gasteiger partial charge on any atom is -0.465 e. The molecule has 1 saturated heterocycles. The number of aromatic nitrogens is 1. The molecule has 1 aromatic carbocycles. The Hall–Kier alpha value is -2.41. The maximum atomic E-state index is 12.3. The lowest BCUT2D eigenvalue weighted by Gasteiger charge is -2.33. The van der Waals surface area contributed by atoms with Crippen LogP contribution >= 0.6 is 22.9 Å². The minimum absolute atomic E-state index is 0.0229. The molecule has 3 heterocycles.